The summed E-state index contributed by atoms with van der Waals surface area (Å²) in [6.45, 7) is 7.12. The molecule has 0 bridgehead atoms. The first kappa shape index (κ1) is 24.0. The second kappa shape index (κ2) is 10.9. The van der Waals surface area contributed by atoms with E-state index in [0.29, 0.717) is 62.3 Å². The Kier molecular flexibility index (Phi) is 7.66. The lowest BCUT2D eigenvalue weighted by molar-refractivity contribution is -0.0935. The Balaban J connectivity index is 1.43. The van der Waals surface area contributed by atoms with Gasteiger partial charge in [0.15, 0.2) is 5.96 Å². The minimum Gasteiger partial charge on any atom is -0.493 e. The van der Waals surface area contributed by atoms with Crippen LogP contribution in [-0.2, 0) is 15.1 Å². The molecule has 1 amide bonds. The lowest BCUT2D eigenvalue weighted by atomic mass is 9.94. The summed E-state index contributed by atoms with van der Waals surface area (Å²) in [6.07, 6.45) is 0.822. The predicted octanol–water partition coefficient (Wildman–Crippen LogP) is 2.53. The number of amides is 1. The van der Waals surface area contributed by atoms with E-state index in [9.17, 15) is 9.90 Å². The Bertz CT molecular complexity index is 1030. The highest BCUT2D eigenvalue weighted by Crippen LogP contribution is 2.32. The number of aliphatic hydroxyl groups is 1. The van der Waals surface area contributed by atoms with E-state index < -0.39 is 5.60 Å². The third-order valence-electron chi connectivity index (χ3n) is 5.55. The molecule has 182 valence electrons. The van der Waals surface area contributed by atoms with Crippen LogP contribution in [0, 0.1) is 0 Å². The van der Waals surface area contributed by atoms with Gasteiger partial charge in [-0.15, -0.1) is 0 Å². The van der Waals surface area contributed by atoms with Crippen molar-refractivity contribution in [3.8, 4) is 5.75 Å². The number of nitrogens with zero attached hydrogens (tertiary/aromatic N) is 1. The smallest absolute Gasteiger partial charge is 0.257 e. The molecular formula is C25H32N4O5. The SMILES string of the molecule is CC(C)(O)c1cc(C(=O)NC2=NCCN2)ccc1Nc1cccc(OCCC2COCCO2)c1. The second-order valence-electron chi connectivity index (χ2n) is 8.79. The molecule has 4 rings (SSSR count). The highest BCUT2D eigenvalue weighted by atomic mass is 16.6. The van der Waals surface area contributed by atoms with Crippen LogP contribution in [0.4, 0.5) is 11.4 Å². The summed E-state index contributed by atoms with van der Waals surface area (Å²) < 4.78 is 17.0. The van der Waals surface area contributed by atoms with Gasteiger partial charge in [0.05, 0.1) is 44.7 Å². The first-order chi connectivity index (χ1) is 16.4. The molecule has 4 N–H and O–H groups in total. The van der Waals surface area contributed by atoms with Gasteiger partial charge in [0.2, 0.25) is 0 Å². The summed E-state index contributed by atoms with van der Waals surface area (Å²) in [5, 5.41) is 19.9. The molecular weight excluding hydrogens is 436 g/mol. The number of aliphatic imine (C=N–C) groups is 1. The van der Waals surface area contributed by atoms with Crippen molar-refractivity contribution < 1.29 is 24.1 Å². The van der Waals surface area contributed by atoms with E-state index in [-0.39, 0.29) is 12.0 Å². The number of anilines is 2. The fourth-order valence-corrected chi connectivity index (χ4v) is 3.79. The number of rotatable bonds is 8. The Morgan fingerprint density at radius 3 is 2.88 bits per heavy atom. The van der Waals surface area contributed by atoms with Gasteiger partial charge in [-0.05, 0) is 44.2 Å². The first-order valence-corrected chi connectivity index (χ1v) is 11.5. The number of benzene rings is 2. The van der Waals surface area contributed by atoms with Crippen LogP contribution < -0.4 is 20.7 Å². The molecule has 0 aliphatic carbocycles. The van der Waals surface area contributed by atoms with Crippen molar-refractivity contribution >= 4 is 23.2 Å². The van der Waals surface area contributed by atoms with Crippen molar-refractivity contribution in [2.45, 2.75) is 32.0 Å². The number of carbonyl (C=O) groups is 1. The largest absolute Gasteiger partial charge is 0.493 e. The van der Waals surface area contributed by atoms with Crippen LogP contribution in [0.3, 0.4) is 0 Å². The highest BCUT2D eigenvalue weighted by Gasteiger charge is 2.23. The molecule has 2 heterocycles. The summed E-state index contributed by atoms with van der Waals surface area (Å²) in [6, 6.07) is 12.8. The highest BCUT2D eigenvalue weighted by molar-refractivity contribution is 6.06. The van der Waals surface area contributed by atoms with Gasteiger partial charge in [-0.25, -0.2) is 0 Å². The molecule has 1 fully saturated rings. The van der Waals surface area contributed by atoms with E-state index in [0.717, 1.165) is 17.9 Å². The fraction of sp³-hybridized carbons (Fsp3) is 0.440. The van der Waals surface area contributed by atoms with Crippen molar-refractivity contribution in [3.05, 3.63) is 53.6 Å². The quantitative estimate of drug-likeness (QED) is 0.471. The summed E-state index contributed by atoms with van der Waals surface area (Å²) in [7, 11) is 0. The van der Waals surface area contributed by atoms with Gasteiger partial charge in [-0.1, -0.05) is 6.07 Å². The molecule has 2 aliphatic heterocycles. The van der Waals surface area contributed by atoms with E-state index in [4.69, 9.17) is 14.2 Å². The van der Waals surface area contributed by atoms with Crippen LogP contribution >= 0.6 is 0 Å². The lowest BCUT2D eigenvalue weighted by Gasteiger charge is -2.24. The van der Waals surface area contributed by atoms with Crippen molar-refractivity contribution in [1.82, 2.24) is 10.6 Å². The van der Waals surface area contributed by atoms with Gasteiger partial charge in [-0.3, -0.25) is 15.1 Å². The maximum atomic E-state index is 12.6. The van der Waals surface area contributed by atoms with Crippen LogP contribution in [0.5, 0.6) is 5.75 Å². The molecule has 9 nitrogen and oxygen atoms in total. The number of nitrogens with one attached hydrogen (secondary N) is 3. The number of hydrogen-bond acceptors (Lipinski definition) is 8. The van der Waals surface area contributed by atoms with Crippen molar-refractivity contribution in [1.29, 1.82) is 0 Å². The molecule has 1 unspecified atom stereocenters. The third-order valence-corrected chi connectivity index (χ3v) is 5.55. The average molecular weight is 469 g/mol. The van der Waals surface area contributed by atoms with Gasteiger partial charge in [-0.2, -0.15) is 0 Å². The molecule has 1 saturated heterocycles. The lowest BCUT2D eigenvalue weighted by Crippen LogP contribution is -2.38. The fourth-order valence-electron chi connectivity index (χ4n) is 3.79. The topological polar surface area (TPSA) is 113 Å². The normalized spacial score (nSPS) is 18.1. The van der Waals surface area contributed by atoms with Crippen LogP contribution in [0.1, 0.15) is 36.2 Å². The summed E-state index contributed by atoms with van der Waals surface area (Å²) in [4.78, 5) is 16.8. The molecule has 9 heteroatoms. The number of carbonyl (C=O) groups excluding carboxylic acids is 1. The van der Waals surface area contributed by atoms with Crippen LogP contribution in [0.15, 0.2) is 47.5 Å². The minimum atomic E-state index is -1.17. The minimum absolute atomic E-state index is 0.0663. The predicted molar refractivity (Wildman–Crippen MR) is 130 cm³/mol. The molecule has 2 aromatic rings. The average Bonchev–Trinajstić information content (AvgIpc) is 3.33. The Morgan fingerprint density at radius 1 is 1.26 bits per heavy atom. The van der Waals surface area contributed by atoms with Gasteiger partial charge >= 0.3 is 0 Å². The zero-order chi connectivity index (χ0) is 24.0. The Labute approximate surface area is 199 Å². The van der Waals surface area contributed by atoms with Crippen LogP contribution in [0.2, 0.25) is 0 Å². The molecule has 0 aromatic heterocycles. The van der Waals surface area contributed by atoms with Crippen molar-refractivity contribution in [2.24, 2.45) is 4.99 Å². The summed E-state index contributed by atoms with van der Waals surface area (Å²) >= 11 is 0. The number of guanidine groups is 1. The third kappa shape index (κ3) is 6.47. The summed E-state index contributed by atoms with van der Waals surface area (Å²) in [5.74, 6) is 0.914. The molecule has 0 saturated carbocycles. The molecule has 34 heavy (non-hydrogen) atoms. The van der Waals surface area contributed by atoms with Crippen LogP contribution in [-0.4, -0.2) is 62.6 Å². The summed E-state index contributed by atoms with van der Waals surface area (Å²) in [5.41, 5.74) is 1.37. The molecule has 2 aliphatic rings. The Hall–Kier alpha value is -3.14. The monoisotopic (exact) mass is 468 g/mol. The van der Waals surface area contributed by atoms with Gasteiger partial charge in [0.1, 0.15) is 5.75 Å². The van der Waals surface area contributed by atoms with Gasteiger partial charge in [0.25, 0.3) is 5.91 Å². The maximum absolute atomic E-state index is 12.6. The van der Waals surface area contributed by atoms with Gasteiger partial charge < -0.3 is 30.0 Å². The van der Waals surface area contributed by atoms with E-state index in [1.54, 1.807) is 32.0 Å². The molecule has 2 aromatic carbocycles. The van der Waals surface area contributed by atoms with E-state index in [1.165, 1.54) is 0 Å². The zero-order valence-electron chi connectivity index (χ0n) is 19.6. The van der Waals surface area contributed by atoms with Crippen molar-refractivity contribution in [2.75, 3.05) is 44.8 Å². The van der Waals surface area contributed by atoms with Gasteiger partial charge in [0, 0.05) is 41.5 Å². The first-order valence-electron chi connectivity index (χ1n) is 11.5. The van der Waals surface area contributed by atoms with E-state index >= 15 is 0 Å². The number of hydrogen-bond donors (Lipinski definition) is 4. The van der Waals surface area contributed by atoms with Crippen molar-refractivity contribution in [3.63, 3.8) is 0 Å². The number of ether oxygens (including phenoxy) is 3. The molecule has 0 spiro atoms. The second-order valence-corrected chi connectivity index (χ2v) is 8.79. The zero-order valence-corrected chi connectivity index (χ0v) is 19.6. The standard InChI is InChI=1S/C25H32N4O5/c1-25(2,31)21-14-17(23(30)29-24-26-9-10-27-24)6-7-22(21)28-18-4-3-5-19(15-18)33-11-8-20-16-32-12-13-34-20/h3-7,14-15,20,28,31H,8-13,16H2,1-2H3,(H2,26,27,29,30). The van der Waals surface area contributed by atoms with E-state index in [2.05, 4.69) is 20.9 Å². The molecule has 1 atom stereocenters. The maximum Gasteiger partial charge on any atom is 0.257 e. The van der Waals surface area contributed by atoms with E-state index in [1.807, 2.05) is 24.3 Å². The van der Waals surface area contributed by atoms with Crippen LogP contribution in [0.25, 0.3) is 0 Å². The molecule has 0 radical (unpaired) electrons. The Morgan fingerprint density at radius 2 is 2.15 bits per heavy atom.